The zero-order valence-electron chi connectivity index (χ0n) is 17.0. The van der Waals surface area contributed by atoms with E-state index < -0.39 is 0 Å². The number of aromatic nitrogens is 5. The van der Waals surface area contributed by atoms with Gasteiger partial charge in [0.2, 0.25) is 5.95 Å². The maximum Gasteiger partial charge on any atom is 0.269 e. The van der Waals surface area contributed by atoms with Crippen LogP contribution in [0.4, 0.5) is 5.95 Å². The molecule has 4 aromatic rings. The highest BCUT2D eigenvalue weighted by atomic mass is 16.5. The standard InChI is InChI=1S/C22H21N7O2/c1-2-23-21(30)18-7-6-15(10-24-18)17-12-26-22(29-13-27-28-20(17)29)25-11-14-4-3-5-19-16(14)8-9-31-19/h3-7,10,12-13H,2,8-9,11H2,1H3,(H,23,30)(H,25,26). The van der Waals surface area contributed by atoms with Gasteiger partial charge in [-0.05, 0) is 24.6 Å². The molecule has 0 atom stereocenters. The first kappa shape index (κ1) is 19.0. The second kappa shape index (κ2) is 8.02. The van der Waals surface area contributed by atoms with E-state index in [4.69, 9.17) is 4.74 Å². The molecule has 1 aromatic carbocycles. The summed E-state index contributed by atoms with van der Waals surface area (Å²) in [6, 6.07) is 9.63. The number of ether oxygens (including phenoxy) is 1. The minimum absolute atomic E-state index is 0.197. The molecule has 3 aromatic heterocycles. The van der Waals surface area contributed by atoms with Gasteiger partial charge in [0, 0.05) is 48.6 Å². The topological polar surface area (TPSA) is 106 Å². The van der Waals surface area contributed by atoms with Crippen LogP contribution >= 0.6 is 0 Å². The molecule has 0 saturated heterocycles. The number of pyridine rings is 1. The summed E-state index contributed by atoms with van der Waals surface area (Å²) in [5.41, 5.74) is 5.05. The maximum atomic E-state index is 11.9. The second-order valence-corrected chi connectivity index (χ2v) is 7.16. The van der Waals surface area contributed by atoms with Gasteiger partial charge in [0.25, 0.3) is 5.91 Å². The number of anilines is 1. The van der Waals surface area contributed by atoms with Crippen LogP contribution < -0.4 is 15.4 Å². The number of nitrogens with zero attached hydrogens (tertiary/aromatic N) is 5. The van der Waals surface area contributed by atoms with E-state index in [0.29, 0.717) is 30.4 Å². The third-order valence-corrected chi connectivity index (χ3v) is 5.25. The minimum atomic E-state index is -0.197. The van der Waals surface area contributed by atoms with Crippen molar-refractivity contribution < 1.29 is 9.53 Å². The van der Waals surface area contributed by atoms with Crippen LogP contribution in [-0.4, -0.2) is 43.6 Å². The van der Waals surface area contributed by atoms with E-state index in [0.717, 1.165) is 29.9 Å². The predicted molar refractivity (Wildman–Crippen MR) is 115 cm³/mol. The third kappa shape index (κ3) is 3.54. The summed E-state index contributed by atoms with van der Waals surface area (Å²) in [7, 11) is 0. The van der Waals surface area contributed by atoms with Crippen molar-refractivity contribution in [3.05, 3.63) is 65.9 Å². The number of hydrogen-bond acceptors (Lipinski definition) is 7. The van der Waals surface area contributed by atoms with E-state index in [1.165, 1.54) is 11.1 Å². The number of benzene rings is 1. The van der Waals surface area contributed by atoms with Crippen LogP contribution in [0.2, 0.25) is 0 Å². The molecule has 5 rings (SSSR count). The molecule has 0 fully saturated rings. The number of rotatable bonds is 6. The smallest absolute Gasteiger partial charge is 0.269 e. The summed E-state index contributed by atoms with van der Waals surface area (Å²) in [6.07, 6.45) is 5.94. The highest BCUT2D eigenvalue weighted by molar-refractivity contribution is 5.92. The molecule has 0 saturated carbocycles. The van der Waals surface area contributed by atoms with Crippen molar-refractivity contribution in [3.8, 4) is 16.9 Å². The Kier molecular flexibility index (Phi) is 4.91. The van der Waals surface area contributed by atoms with E-state index in [1.807, 2.05) is 29.5 Å². The highest BCUT2D eigenvalue weighted by Gasteiger charge is 2.17. The van der Waals surface area contributed by atoms with Crippen molar-refractivity contribution in [2.75, 3.05) is 18.5 Å². The van der Waals surface area contributed by atoms with Crippen molar-refractivity contribution in [2.45, 2.75) is 19.9 Å². The lowest BCUT2D eigenvalue weighted by Gasteiger charge is -2.12. The predicted octanol–water partition coefficient (Wildman–Crippen LogP) is 2.48. The van der Waals surface area contributed by atoms with Gasteiger partial charge in [0.05, 0.1) is 6.61 Å². The lowest BCUT2D eigenvalue weighted by Crippen LogP contribution is -2.23. The van der Waals surface area contributed by atoms with Crippen molar-refractivity contribution in [2.24, 2.45) is 0 Å². The van der Waals surface area contributed by atoms with Crippen LogP contribution in [0, 0.1) is 0 Å². The Bertz CT molecular complexity index is 1250. The Morgan fingerprint density at radius 1 is 1.19 bits per heavy atom. The number of fused-ring (bicyclic) bond motifs is 2. The largest absolute Gasteiger partial charge is 0.493 e. The summed E-state index contributed by atoms with van der Waals surface area (Å²) in [4.78, 5) is 20.8. The third-order valence-electron chi connectivity index (χ3n) is 5.25. The van der Waals surface area contributed by atoms with Gasteiger partial charge in [0.15, 0.2) is 5.65 Å². The lowest BCUT2D eigenvalue weighted by atomic mass is 10.1. The first-order valence-electron chi connectivity index (χ1n) is 10.2. The van der Waals surface area contributed by atoms with Crippen LogP contribution in [-0.2, 0) is 13.0 Å². The van der Waals surface area contributed by atoms with Gasteiger partial charge in [-0.1, -0.05) is 18.2 Å². The van der Waals surface area contributed by atoms with E-state index in [2.05, 4.69) is 36.9 Å². The molecule has 31 heavy (non-hydrogen) atoms. The molecule has 1 aliphatic heterocycles. The van der Waals surface area contributed by atoms with Crippen LogP contribution in [0.3, 0.4) is 0 Å². The number of hydrogen-bond donors (Lipinski definition) is 2. The molecule has 0 unspecified atom stereocenters. The summed E-state index contributed by atoms with van der Waals surface area (Å²) in [6.45, 7) is 3.77. The SMILES string of the molecule is CCNC(=O)c1ccc(-c2cnc(NCc3cccc4c3CCO4)n3cnnc23)cn1. The molecule has 9 nitrogen and oxygen atoms in total. The lowest BCUT2D eigenvalue weighted by molar-refractivity contribution is 0.0951. The molecule has 0 bridgehead atoms. The molecule has 156 valence electrons. The average molecular weight is 415 g/mol. The minimum Gasteiger partial charge on any atom is -0.493 e. The van der Waals surface area contributed by atoms with Crippen molar-refractivity contribution in [1.29, 1.82) is 0 Å². The van der Waals surface area contributed by atoms with Crippen LogP contribution in [0.5, 0.6) is 5.75 Å². The molecular weight excluding hydrogens is 394 g/mol. The molecule has 0 radical (unpaired) electrons. The zero-order valence-corrected chi connectivity index (χ0v) is 17.0. The first-order chi connectivity index (χ1) is 15.2. The summed E-state index contributed by atoms with van der Waals surface area (Å²) >= 11 is 0. The van der Waals surface area contributed by atoms with E-state index >= 15 is 0 Å². The van der Waals surface area contributed by atoms with E-state index in [-0.39, 0.29) is 5.91 Å². The van der Waals surface area contributed by atoms with Crippen LogP contribution in [0.25, 0.3) is 16.8 Å². The molecule has 2 N–H and O–H groups in total. The molecule has 0 spiro atoms. The molecular formula is C22H21N7O2. The summed E-state index contributed by atoms with van der Waals surface area (Å²) < 4.78 is 7.46. The maximum absolute atomic E-state index is 11.9. The fourth-order valence-corrected chi connectivity index (χ4v) is 3.73. The van der Waals surface area contributed by atoms with Crippen LogP contribution in [0.1, 0.15) is 28.5 Å². The monoisotopic (exact) mass is 415 g/mol. The van der Waals surface area contributed by atoms with Gasteiger partial charge in [-0.2, -0.15) is 0 Å². The van der Waals surface area contributed by atoms with E-state index in [1.54, 1.807) is 24.8 Å². The molecule has 4 heterocycles. The highest BCUT2D eigenvalue weighted by Crippen LogP contribution is 2.29. The quantitative estimate of drug-likeness (QED) is 0.498. The number of amides is 1. The summed E-state index contributed by atoms with van der Waals surface area (Å²) in [5.74, 6) is 1.41. The van der Waals surface area contributed by atoms with Gasteiger partial charge in [-0.25, -0.2) is 4.98 Å². The van der Waals surface area contributed by atoms with Crippen molar-refractivity contribution in [1.82, 2.24) is 29.9 Å². The Balaban J connectivity index is 1.41. The van der Waals surface area contributed by atoms with Gasteiger partial charge in [0.1, 0.15) is 17.8 Å². The van der Waals surface area contributed by atoms with Gasteiger partial charge >= 0.3 is 0 Å². The Morgan fingerprint density at radius 2 is 2.13 bits per heavy atom. The Hall–Kier alpha value is -4.01. The fraction of sp³-hybridized carbons (Fsp3) is 0.227. The van der Waals surface area contributed by atoms with Gasteiger partial charge < -0.3 is 15.4 Å². The first-order valence-corrected chi connectivity index (χ1v) is 10.2. The zero-order chi connectivity index (χ0) is 21.2. The van der Waals surface area contributed by atoms with E-state index in [9.17, 15) is 4.79 Å². The van der Waals surface area contributed by atoms with Crippen molar-refractivity contribution >= 4 is 17.5 Å². The average Bonchev–Trinajstić information content (AvgIpc) is 3.48. The second-order valence-electron chi connectivity index (χ2n) is 7.16. The molecule has 0 aliphatic carbocycles. The molecule has 1 aliphatic rings. The van der Waals surface area contributed by atoms with Crippen molar-refractivity contribution in [3.63, 3.8) is 0 Å². The molecule has 9 heteroatoms. The number of carbonyl (C=O) groups excluding carboxylic acids is 1. The van der Waals surface area contributed by atoms with Crippen LogP contribution in [0.15, 0.2) is 49.1 Å². The number of carbonyl (C=O) groups is 1. The fourth-order valence-electron chi connectivity index (χ4n) is 3.73. The number of nitrogens with one attached hydrogen (secondary N) is 2. The Morgan fingerprint density at radius 3 is 2.97 bits per heavy atom. The Labute approximate surface area is 178 Å². The molecule has 1 amide bonds. The van der Waals surface area contributed by atoms with Gasteiger partial charge in [-0.15, -0.1) is 10.2 Å². The summed E-state index contributed by atoms with van der Waals surface area (Å²) in [5, 5.41) is 14.4. The van der Waals surface area contributed by atoms with Gasteiger partial charge in [-0.3, -0.25) is 14.2 Å². The normalized spacial score (nSPS) is 12.4.